The molecule has 0 atom stereocenters. The van der Waals surface area contributed by atoms with Crippen LogP contribution in [0.2, 0.25) is 0 Å². The first kappa shape index (κ1) is 17.3. The Bertz CT molecular complexity index is 672. The van der Waals surface area contributed by atoms with Gasteiger partial charge in [0.25, 0.3) is 0 Å². The number of aromatic nitrogens is 2. The van der Waals surface area contributed by atoms with Crippen LogP contribution in [0.5, 0.6) is 0 Å². The van der Waals surface area contributed by atoms with E-state index in [4.69, 9.17) is 4.98 Å². The summed E-state index contributed by atoms with van der Waals surface area (Å²) in [7, 11) is 0. The zero-order valence-electron chi connectivity index (χ0n) is 14.3. The van der Waals surface area contributed by atoms with Crippen LogP contribution in [0, 0.1) is 0 Å². The monoisotopic (exact) mass is 313 g/mol. The number of hydrogen-bond donors (Lipinski definition) is 1. The molecule has 1 N–H and O–H groups in total. The van der Waals surface area contributed by atoms with Crippen LogP contribution >= 0.6 is 0 Å². The van der Waals surface area contributed by atoms with Crippen LogP contribution in [-0.2, 0) is 17.8 Å². The number of carbonyl (C=O) groups is 1. The largest absolute Gasteiger partial charge is 0.352 e. The lowest BCUT2D eigenvalue weighted by molar-refractivity contribution is -0.117. The summed E-state index contributed by atoms with van der Waals surface area (Å²) < 4.78 is 2.35. The molecule has 0 fully saturated rings. The number of fused-ring (bicyclic) bond motifs is 1. The minimum absolute atomic E-state index is 0.0465. The molecular formula is C19H27N3O. The molecule has 124 valence electrons. The Morgan fingerprint density at radius 1 is 1.26 bits per heavy atom. The molecule has 0 saturated heterocycles. The number of para-hydroxylation sites is 2. The van der Waals surface area contributed by atoms with Crippen LogP contribution in [0.4, 0.5) is 0 Å². The molecule has 2 rings (SSSR count). The lowest BCUT2D eigenvalue weighted by Crippen LogP contribution is -2.24. The molecule has 0 aliphatic carbocycles. The standard InChI is InChI=1S/C19H27N3O/c1-4-14-22-17-11-8-7-10-16(17)21-18(22)12-6-5-9-13-20-19(23)15(2)3/h7-8,10-11H,2,4-6,9,12-14H2,1,3H3,(H,20,23). The Kier molecular flexibility index (Phi) is 6.39. The van der Waals surface area contributed by atoms with Crippen molar-refractivity contribution in [3.63, 3.8) is 0 Å². The molecule has 0 spiro atoms. The molecule has 23 heavy (non-hydrogen) atoms. The van der Waals surface area contributed by atoms with Crippen molar-refractivity contribution in [1.29, 1.82) is 0 Å². The Morgan fingerprint density at radius 3 is 2.78 bits per heavy atom. The molecule has 0 radical (unpaired) electrons. The highest BCUT2D eigenvalue weighted by atomic mass is 16.1. The molecule has 2 aromatic rings. The molecule has 4 heteroatoms. The second-order valence-corrected chi connectivity index (χ2v) is 6.02. The molecular weight excluding hydrogens is 286 g/mol. The maximum absolute atomic E-state index is 11.4. The lowest BCUT2D eigenvalue weighted by atomic mass is 10.2. The van der Waals surface area contributed by atoms with E-state index in [-0.39, 0.29) is 5.91 Å². The van der Waals surface area contributed by atoms with Gasteiger partial charge in [0.2, 0.25) is 5.91 Å². The summed E-state index contributed by atoms with van der Waals surface area (Å²) >= 11 is 0. The van der Waals surface area contributed by atoms with Crippen LogP contribution in [-0.4, -0.2) is 22.0 Å². The predicted octanol–water partition coefficient (Wildman–Crippen LogP) is 3.85. The molecule has 0 unspecified atom stereocenters. The van der Waals surface area contributed by atoms with E-state index in [0.717, 1.165) is 50.7 Å². The van der Waals surface area contributed by atoms with Crippen molar-refractivity contribution < 1.29 is 4.79 Å². The van der Waals surface area contributed by atoms with E-state index >= 15 is 0 Å². The number of amides is 1. The maximum atomic E-state index is 11.4. The van der Waals surface area contributed by atoms with E-state index in [1.807, 2.05) is 6.07 Å². The Morgan fingerprint density at radius 2 is 2.04 bits per heavy atom. The van der Waals surface area contributed by atoms with Crippen molar-refractivity contribution in [3.05, 3.63) is 42.2 Å². The fourth-order valence-corrected chi connectivity index (χ4v) is 2.73. The minimum Gasteiger partial charge on any atom is -0.352 e. The molecule has 1 aromatic carbocycles. The van der Waals surface area contributed by atoms with Gasteiger partial charge in [0.1, 0.15) is 5.82 Å². The average Bonchev–Trinajstić information content (AvgIpc) is 2.89. The molecule has 0 aliphatic rings. The predicted molar refractivity (Wildman–Crippen MR) is 95.4 cm³/mol. The topological polar surface area (TPSA) is 46.9 Å². The summed E-state index contributed by atoms with van der Waals surface area (Å²) in [6.07, 6.45) is 5.28. The quantitative estimate of drug-likeness (QED) is 0.564. The number of hydrogen-bond acceptors (Lipinski definition) is 2. The third-order valence-electron chi connectivity index (χ3n) is 3.93. The normalized spacial score (nSPS) is 10.9. The molecule has 4 nitrogen and oxygen atoms in total. The van der Waals surface area contributed by atoms with Crippen molar-refractivity contribution in [3.8, 4) is 0 Å². The molecule has 0 aliphatic heterocycles. The highest BCUT2D eigenvalue weighted by molar-refractivity contribution is 5.92. The van der Waals surface area contributed by atoms with Gasteiger partial charge in [-0.3, -0.25) is 4.79 Å². The first-order valence-electron chi connectivity index (χ1n) is 8.51. The summed E-state index contributed by atoms with van der Waals surface area (Å²) in [5.74, 6) is 1.13. The van der Waals surface area contributed by atoms with Crippen LogP contribution < -0.4 is 5.32 Å². The fourth-order valence-electron chi connectivity index (χ4n) is 2.73. The molecule has 0 saturated carbocycles. The SMILES string of the molecule is C=C(C)C(=O)NCCCCCc1nc2ccccc2n1CCC. The van der Waals surface area contributed by atoms with Crippen LogP contribution in [0.25, 0.3) is 11.0 Å². The lowest BCUT2D eigenvalue weighted by Gasteiger charge is -2.08. The van der Waals surface area contributed by atoms with E-state index in [0.29, 0.717) is 5.57 Å². The number of benzene rings is 1. The summed E-state index contributed by atoms with van der Waals surface area (Å²) in [4.78, 5) is 16.2. The molecule has 0 bridgehead atoms. The maximum Gasteiger partial charge on any atom is 0.246 e. The van der Waals surface area contributed by atoms with Gasteiger partial charge in [-0.15, -0.1) is 0 Å². The first-order valence-corrected chi connectivity index (χ1v) is 8.51. The number of imidazole rings is 1. The van der Waals surface area contributed by atoms with E-state index in [2.05, 4.69) is 41.6 Å². The Hall–Kier alpha value is -2.10. The van der Waals surface area contributed by atoms with Crippen LogP contribution in [0.1, 0.15) is 45.4 Å². The third kappa shape index (κ3) is 4.68. The minimum atomic E-state index is -0.0465. The van der Waals surface area contributed by atoms with Gasteiger partial charge in [0.05, 0.1) is 11.0 Å². The number of rotatable bonds is 9. The third-order valence-corrected chi connectivity index (χ3v) is 3.93. The van der Waals surface area contributed by atoms with Gasteiger partial charge in [0.15, 0.2) is 0 Å². The van der Waals surface area contributed by atoms with E-state index in [1.165, 1.54) is 11.3 Å². The van der Waals surface area contributed by atoms with Crippen LogP contribution in [0.3, 0.4) is 0 Å². The highest BCUT2D eigenvalue weighted by Crippen LogP contribution is 2.18. The van der Waals surface area contributed by atoms with Gasteiger partial charge >= 0.3 is 0 Å². The number of carbonyl (C=O) groups excluding carboxylic acids is 1. The second kappa shape index (κ2) is 8.51. The Labute approximate surface area is 138 Å². The van der Waals surface area contributed by atoms with E-state index < -0.39 is 0 Å². The highest BCUT2D eigenvalue weighted by Gasteiger charge is 2.09. The van der Waals surface area contributed by atoms with Gasteiger partial charge in [-0.2, -0.15) is 0 Å². The number of unbranched alkanes of at least 4 members (excludes halogenated alkanes) is 2. The van der Waals surface area contributed by atoms with Gasteiger partial charge in [0, 0.05) is 25.1 Å². The van der Waals surface area contributed by atoms with Gasteiger partial charge in [-0.25, -0.2) is 4.98 Å². The van der Waals surface area contributed by atoms with Crippen molar-refractivity contribution in [2.75, 3.05) is 6.54 Å². The van der Waals surface area contributed by atoms with Crippen molar-refractivity contribution in [2.45, 2.75) is 52.5 Å². The fraction of sp³-hybridized carbons (Fsp3) is 0.474. The Balaban J connectivity index is 1.84. The van der Waals surface area contributed by atoms with Crippen LogP contribution in [0.15, 0.2) is 36.4 Å². The summed E-state index contributed by atoms with van der Waals surface area (Å²) in [6, 6.07) is 8.34. The van der Waals surface area contributed by atoms with Gasteiger partial charge in [-0.1, -0.05) is 32.1 Å². The van der Waals surface area contributed by atoms with E-state index in [9.17, 15) is 4.79 Å². The zero-order valence-corrected chi connectivity index (χ0v) is 14.3. The average molecular weight is 313 g/mol. The van der Waals surface area contributed by atoms with Crippen molar-refractivity contribution in [1.82, 2.24) is 14.9 Å². The number of nitrogens with one attached hydrogen (secondary N) is 1. The summed E-state index contributed by atoms with van der Waals surface area (Å²) in [6.45, 7) is 9.30. The molecule has 1 amide bonds. The van der Waals surface area contributed by atoms with Crippen molar-refractivity contribution >= 4 is 16.9 Å². The van der Waals surface area contributed by atoms with Gasteiger partial charge < -0.3 is 9.88 Å². The summed E-state index contributed by atoms with van der Waals surface area (Å²) in [5.41, 5.74) is 2.89. The first-order chi connectivity index (χ1) is 11.1. The zero-order chi connectivity index (χ0) is 16.7. The van der Waals surface area contributed by atoms with Crippen molar-refractivity contribution in [2.24, 2.45) is 0 Å². The smallest absolute Gasteiger partial charge is 0.246 e. The number of aryl methyl sites for hydroxylation is 2. The summed E-state index contributed by atoms with van der Waals surface area (Å²) in [5, 5.41) is 2.87. The number of nitrogens with zero attached hydrogens (tertiary/aromatic N) is 2. The van der Waals surface area contributed by atoms with E-state index in [1.54, 1.807) is 6.92 Å². The molecule has 1 heterocycles. The second-order valence-electron chi connectivity index (χ2n) is 6.02. The van der Waals surface area contributed by atoms with Gasteiger partial charge in [-0.05, 0) is 38.3 Å². The molecule has 1 aromatic heterocycles.